The summed E-state index contributed by atoms with van der Waals surface area (Å²) in [7, 11) is 0. The molecule has 2 fully saturated rings. The normalized spacial score (nSPS) is 33.6. The van der Waals surface area contributed by atoms with Crippen LogP contribution in [-0.2, 0) is 17.6 Å². The van der Waals surface area contributed by atoms with Gasteiger partial charge in [-0.1, -0.05) is 37.6 Å². The van der Waals surface area contributed by atoms with Gasteiger partial charge in [0.15, 0.2) is 0 Å². The second-order valence-electron chi connectivity index (χ2n) is 7.83. The fraction of sp³-hybridized carbons (Fsp3) is 0.650. The monoisotopic (exact) mass is 313 g/mol. The van der Waals surface area contributed by atoms with Crippen LogP contribution in [0.4, 0.5) is 0 Å². The zero-order chi connectivity index (χ0) is 16.0. The van der Waals surface area contributed by atoms with Crippen LogP contribution in [0.15, 0.2) is 24.3 Å². The summed E-state index contributed by atoms with van der Waals surface area (Å²) in [5, 5.41) is 10.9. The highest BCUT2D eigenvalue weighted by molar-refractivity contribution is 5.80. The van der Waals surface area contributed by atoms with Crippen LogP contribution in [0.5, 0.6) is 0 Å². The summed E-state index contributed by atoms with van der Waals surface area (Å²) in [6, 6.07) is 8.44. The summed E-state index contributed by atoms with van der Waals surface area (Å²) in [4.78, 5) is 15.1. The van der Waals surface area contributed by atoms with Crippen LogP contribution >= 0.6 is 0 Å². The van der Waals surface area contributed by atoms with Gasteiger partial charge < -0.3 is 10.0 Å². The van der Waals surface area contributed by atoms with Crippen molar-refractivity contribution in [2.45, 2.75) is 51.0 Å². The highest BCUT2D eigenvalue weighted by Crippen LogP contribution is 2.45. The van der Waals surface area contributed by atoms with Crippen molar-refractivity contribution in [3.05, 3.63) is 35.4 Å². The maximum Gasteiger partial charge on any atom is 0.226 e. The molecule has 2 aliphatic carbocycles. The number of carbonyl (C=O) groups is 1. The highest BCUT2D eigenvalue weighted by Gasteiger charge is 2.49. The molecule has 1 saturated carbocycles. The second-order valence-corrected chi connectivity index (χ2v) is 7.83. The number of hydrogen-bond donors (Lipinski definition) is 1. The molecular formula is C20H27NO2. The summed E-state index contributed by atoms with van der Waals surface area (Å²) >= 11 is 0. The van der Waals surface area contributed by atoms with Crippen molar-refractivity contribution < 1.29 is 9.90 Å². The first kappa shape index (κ1) is 15.2. The molecule has 4 rings (SSSR count). The van der Waals surface area contributed by atoms with E-state index in [0.717, 1.165) is 45.2 Å². The van der Waals surface area contributed by atoms with Crippen molar-refractivity contribution in [3.8, 4) is 0 Å². The first-order valence-corrected chi connectivity index (χ1v) is 9.18. The van der Waals surface area contributed by atoms with Gasteiger partial charge in [-0.2, -0.15) is 0 Å². The van der Waals surface area contributed by atoms with Crippen molar-refractivity contribution in [1.29, 1.82) is 0 Å². The zero-order valence-electron chi connectivity index (χ0n) is 14.0. The lowest BCUT2D eigenvalue weighted by Crippen LogP contribution is -2.45. The van der Waals surface area contributed by atoms with Crippen LogP contribution in [-0.4, -0.2) is 34.6 Å². The Kier molecular flexibility index (Phi) is 3.72. The van der Waals surface area contributed by atoms with Crippen molar-refractivity contribution >= 4 is 5.91 Å². The standard InChI is InChI=1S/C20H27NO2/c1-2-20(23)9-5-8-16-12-21(13-18(16)20)19(22)17-10-14-6-3-4-7-15(14)11-17/h3-4,6-7,16-18,23H,2,5,8-13H2,1H3/t16-,18+,20-/m0/s1. The molecule has 1 saturated heterocycles. The van der Waals surface area contributed by atoms with E-state index in [4.69, 9.17) is 0 Å². The van der Waals surface area contributed by atoms with E-state index in [1.54, 1.807) is 0 Å². The van der Waals surface area contributed by atoms with E-state index in [1.807, 2.05) is 0 Å². The summed E-state index contributed by atoms with van der Waals surface area (Å²) in [6.45, 7) is 3.71. The topological polar surface area (TPSA) is 40.5 Å². The van der Waals surface area contributed by atoms with E-state index in [-0.39, 0.29) is 11.8 Å². The van der Waals surface area contributed by atoms with Crippen molar-refractivity contribution in [2.75, 3.05) is 13.1 Å². The lowest BCUT2D eigenvalue weighted by molar-refractivity contribution is -0.134. The Morgan fingerprint density at radius 1 is 1.26 bits per heavy atom. The van der Waals surface area contributed by atoms with E-state index < -0.39 is 5.60 Å². The fourth-order valence-corrected chi connectivity index (χ4v) is 5.24. The Bertz CT molecular complexity index is 588. The predicted molar refractivity (Wildman–Crippen MR) is 90.0 cm³/mol. The Labute approximate surface area is 138 Å². The van der Waals surface area contributed by atoms with Gasteiger partial charge in [0.05, 0.1) is 5.60 Å². The Morgan fingerprint density at radius 3 is 2.61 bits per heavy atom. The summed E-state index contributed by atoms with van der Waals surface area (Å²) in [5.74, 6) is 1.21. The van der Waals surface area contributed by atoms with E-state index in [2.05, 4.69) is 36.1 Å². The smallest absolute Gasteiger partial charge is 0.226 e. The molecule has 1 heterocycles. The molecule has 0 aromatic heterocycles. The molecule has 3 atom stereocenters. The van der Waals surface area contributed by atoms with Crippen molar-refractivity contribution in [2.24, 2.45) is 17.8 Å². The number of carbonyl (C=O) groups excluding carboxylic acids is 1. The third-order valence-corrected chi connectivity index (χ3v) is 6.64. The van der Waals surface area contributed by atoms with Crippen LogP contribution in [0.1, 0.15) is 43.7 Å². The summed E-state index contributed by atoms with van der Waals surface area (Å²) in [5.41, 5.74) is 2.14. The third-order valence-electron chi connectivity index (χ3n) is 6.64. The molecule has 0 spiro atoms. The molecule has 3 aliphatic rings. The second kappa shape index (κ2) is 5.62. The molecule has 23 heavy (non-hydrogen) atoms. The van der Waals surface area contributed by atoms with Crippen molar-refractivity contribution in [3.63, 3.8) is 0 Å². The van der Waals surface area contributed by atoms with E-state index in [1.165, 1.54) is 17.5 Å². The minimum Gasteiger partial charge on any atom is -0.390 e. The van der Waals surface area contributed by atoms with Gasteiger partial charge in [0.2, 0.25) is 5.91 Å². The number of nitrogens with zero attached hydrogens (tertiary/aromatic N) is 1. The molecular weight excluding hydrogens is 286 g/mol. The molecule has 0 bridgehead atoms. The lowest BCUT2D eigenvalue weighted by atomic mass is 9.69. The minimum absolute atomic E-state index is 0.113. The molecule has 0 radical (unpaired) electrons. The maximum atomic E-state index is 13.0. The lowest BCUT2D eigenvalue weighted by Gasteiger charge is -2.40. The Hall–Kier alpha value is -1.35. The van der Waals surface area contributed by atoms with Gasteiger partial charge in [-0.3, -0.25) is 4.79 Å². The molecule has 124 valence electrons. The Balaban J connectivity index is 1.47. The maximum absolute atomic E-state index is 13.0. The number of rotatable bonds is 2. The molecule has 1 aliphatic heterocycles. The van der Waals surface area contributed by atoms with Gasteiger partial charge in [-0.25, -0.2) is 0 Å². The van der Waals surface area contributed by atoms with Gasteiger partial charge in [0.25, 0.3) is 0 Å². The van der Waals surface area contributed by atoms with E-state index >= 15 is 0 Å². The third kappa shape index (κ3) is 2.50. The molecule has 1 aromatic carbocycles. The average molecular weight is 313 g/mol. The molecule has 1 N–H and O–H groups in total. The van der Waals surface area contributed by atoms with Crippen LogP contribution in [0.25, 0.3) is 0 Å². The van der Waals surface area contributed by atoms with Crippen LogP contribution < -0.4 is 0 Å². The number of likely N-dealkylation sites (tertiary alicyclic amines) is 1. The molecule has 0 unspecified atom stereocenters. The summed E-state index contributed by atoms with van der Waals surface area (Å²) < 4.78 is 0. The molecule has 1 amide bonds. The largest absolute Gasteiger partial charge is 0.390 e. The minimum atomic E-state index is -0.545. The van der Waals surface area contributed by atoms with Gasteiger partial charge in [0.1, 0.15) is 0 Å². The van der Waals surface area contributed by atoms with Gasteiger partial charge in [0, 0.05) is 24.9 Å². The Morgan fingerprint density at radius 2 is 1.96 bits per heavy atom. The van der Waals surface area contributed by atoms with Crippen LogP contribution in [0, 0.1) is 17.8 Å². The quantitative estimate of drug-likeness (QED) is 0.912. The first-order valence-electron chi connectivity index (χ1n) is 9.18. The number of benzene rings is 1. The molecule has 1 aromatic rings. The molecule has 3 nitrogen and oxygen atoms in total. The SMILES string of the molecule is CC[C@]1(O)CCC[C@H]2CN(C(=O)C3Cc4ccccc4C3)C[C@H]21. The van der Waals surface area contributed by atoms with Gasteiger partial charge >= 0.3 is 0 Å². The zero-order valence-corrected chi connectivity index (χ0v) is 14.0. The highest BCUT2D eigenvalue weighted by atomic mass is 16.3. The number of amides is 1. The first-order chi connectivity index (χ1) is 11.1. The van der Waals surface area contributed by atoms with Crippen molar-refractivity contribution in [1.82, 2.24) is 4.90 Å². The number of hydrogen-bond acceptors (Lipinski definition) is 2. The average Bonchev–Trinajstić information content (AvgIpc) is 3.19. The van der Waals surface area contributed by atoms with Crippen LogP contribution in [0.2, 0.25) is 0 Å². The van der Waals surface area contributed by atoms with Gasteiger partial charge in [-0.05, 0) is 49.1 Å². The van der Waals surface area contributed by atoms with E-state index in [0.29, 0.717) is 11.8 Å². The van der Waals surface area contributed by atoms with Gasteiger partial charge in [-0.15, -0.1) is 0 Å². The van der Waals surface area contributed by atoms with Crippen LogP contribution in [0.3, 0.4) is 0 Å². The van der Waals surface area contributed by atoms with E-state index in [9.17, 15) is 9.90 Å². The number of aliphatic hydroxyl groups is 1. The summed E-state index contributed by atoms with van der Waals surface area (Å²) in [6.07, 6.45) is 5.76. The fourth-order valence-electron chi connectivity index (χ4n) is 5.24. The predicted octanol–water partition coefficient (Wildman–Crippen LogP) is 2.80. The molecule has 3 heteroatoms. The number of fused-ring (bicyclic) bond motifs is 2.